The third-order valence-corrected chi connectivity index (χ3v) is 15.4. The predicted octanol–water partition coefficient (Wildman–Crippen LogP) is 11.0. The zero-order valence-electron chi connectivity index (χ0n) is 46.4. The molecule has 0 aromatic heterocycles. The summed E-state index contributed by atoms with van der Waals surface area (Å²) in [6.07, 6.45) is 5.34. The van der Waals surface area contributed by atoms with Crippen molar-refractivity contribution in [3.05, 3.63) is 246 Å². The summed E-state index contributed by atoms with van der Waals surface area (Å²) >= 11 is 6.59. The first-order valence-corrected chi connectivity index (χ1v) is 29.7. The molecular formula is C67H68N4O9S3. The number of carbonyl (C=O) groups is 6. The number of esters is 2. The highest BCUT2D eigenvalue weighted by Crippen LogP contribution is 2.24. The molecular weight excluding hydrogens is 1100 g/mol. The van der Waals surface area contributed by atoms with E-state index in [0.29, 0.717) is 11.1 Å². The highest BCUT2D eigenvalue weighted by molar-refractivity contribution is 8.00. The van der Waals surface area contributed by atoms with Gasteiger partial charge >= 0.3 is 11.9 Å². The minimum Gasteiger partial charge on any atom is -0.459 e. The molecule has 4 N–H and O–H groups in total. The first kappa shape index (κ1) is 62.5. The van der Waals surface area contributed by atoms with Crippen LogP contribution in [0, 0.1) is 0 Å². The van der Waals surface area contributed by atoms with E-state index >= 15 is 0 Å². The molecule has 428 valence electrons. The average molecular weight is 1170 g/mol. The molecule has 4 atom stereocenters. The Morgan fingerprint density at radius 2 is 1.11 bits per heavy atom. The Morgan fingerprint density at radius 1 is 0.578 bits per heavy atom. The molecule has 0 spiro atoms. The fourth-order valence-electron chi connectivity index (χ4n) is 8.74. The average Bonchev–Trinajstić information content (AvgIpc) is 3.63. The van der Waals surface area contributed by atoms with Crippen LogP contribution in [0.5, 0.6) is 0 Å². The fourth-order valence-corrected chi connectivity index (χ4v) is 10.4. The molecule has 7 aromatic rings. The number of fused-ring (bicyclic) bond motifs is 1. The number of thioether (sulfide) groups is 2. The molecule has 0 saturated carbocycles. The van der Waals surface area contributed by atoms with Crippen LogP contribution in [0.4, 0.5) is 0 Å². The molecule has 83 heavy (non-hydrogen) atoms. The monoisotopic (exact) mass is 1170 g/mol. The van der Waals surface area contributed by atoms with Gasteiger partial charge < -0.3 is 35.5 Å². The highest BCUT2D eigenvalue weighted by Gasteiger charge is 2.28. The second kappa shape index (κ2) is 33.1. The number of rotatable bonds is 30. The second-order valence-electron chi connectivity index (χ2n) is 19.4. The predicted molar refractivity (Wildman–Crippen MR) is 333 cm³/mol. The van der Waals surface area contributed by atoms with Gasteiger partial charge in [-0.15, -0.1) is 23.5 Å². The molecule has 0 fully saturated rings. The standard InChI is InChI=1S/C67H68N4O9S3/c1-4-52(53-25-12-7-13-26-53)34-33-46(2)35-59(69-62(73)44-82-56-30-16-23-50(36-56)39-68-65(75)64(71-61(72)43-81)47(3)78-40-48-19-8-5-9-20-48)66(76)80-42-51-24-17-31-57(37-51)83-45-63(74)70-60(67(77)79-41-49-21-10-6-11-22-49)38-55-29-18-28-54-27-14-15-32-58(54)55/h4-34,36-37,47,59-60,64,81H,2,35,38-45H2,1,3H3,(H,68,75)(H,69,73)(H,70,74)(H,71,72). The van der Waals surface area contributed by atoms with Crippen LogP contribution in [-0.4, -0.2) is 77.1 Å². The minimum atomic E-state index is -1.09. The van der Waals surface area contributed by atoms with Gasteiger partial charge in [0, 0.05) is 29.2 Å². The number of thiol groups is 1. The molecule has 0 heterocycles. The largest absolute Gasteiger partial charge is 0.459 e. The zero-order chi connectivity index (χ0) is 58.8. The van der Waals surface area contributed by atoms with Crippen molar-refractivity contribution < 1.29 is 43.0 Å². The molecule has 7 aromatic carbocycles. The number of ether oxygens (including phenoxy) is 3. The second-order valence-corrected chi connectivity index (χ2v) is 21.8. The summed E-state index contributed by atoms with van der Waals surface area (Å²) in [4.78, 5) is 82.3. The molecule has 0 bridgehead atoms. The van der Waals surface area contributed by atoms with Gasteiger partial charge in [-0.05, 0) is 87.8 Å². The normalized spacial score (nSPS) is 12.8. The molecule has 16 heteroatoms. The maximum atomic E-state index is 14.0. The first-order valence-electron chi connectivity index (χ1n) is 27.1. The summed E-state index contributed by atoms with van der Waals surface area (Å²) in [6, 6.07) is 54.1. The van der Waals surface area contributed by atoms with E-state index in [0.717, 1.165) is 54.0 Å². The van der Waals surface area contributed by atoms with Crippen molar-refractivity contribution in [3.63, 3.8) is 0 Å². The lowest BCUT2D eigenvalue weighted by Crippen LogP contribution is -2.53. The van der Waals surface area contributed by atoms with Gasteiger partial charge in [-0.1, -0.05) is 188 Å². The van der Waals surface area contributed by atoms with Gasteiger partial charge in [-0.3, -0.25) is 19.2 Å². The zero-order valence-corrected chi connectivity index (χ0v) is 48.9. The van der Waals surface area contributed by atoms with E-state index in [9.17, 15) is 28.8 Å². The van der Waals surface area contributed by atoms with Crippen molar-refractivity contribution in [1.82, 2.24) is 21.3 Å². The van der Waals surface area contributed by atoms with Gasteiger partial charge in [0.05, 0.1) is 30.0 Å². The Bertz CT molecular complexity index is 3370. The van der Waals surface area contributed by atoms with Crippen molar-refractivity contribution in [2.75, 3.05) is 17.3 Å². The number of hydrogen-bond donors (Lipinski definition) is 5. The summed E-state index contributed by atoms with van der Waals surface area (Å²) < 4.78 is 17.6. The summed E-state index contributed by atoms with van der Waals surface area (Å²) in [5, 5.41) is 13.4. The van der Waals surface area contributed by atoms with Crippen LogP contribution in [0.3, 0.4) is 0 Å². The van der Waals surface area contributed by atoms with Crippen molar-refractivity contribution in [1.29, 1.82) is 0 Å². The molecule has 7 rings (SSSR count). The Hall–Kier alpha value is -8.15. The quantitative estimate of drug-likeness (QED) is 0.0125. The number of nitrogens with one attached hydrogen (secondary N) is 4. The number of amides is 4. The van der Waals surface area contributed by atoms with E-state index in [1.54, 1.807) is 19.1 Å². The maximum absolute atomic E-state index is 14.0. The van der Waals surface area contributed by atoms with Crippen LogP contribution in [0.15, 0.2) is 222 Å². The maximum Gasteiger partial charge on any atom is 0.329 e. The van der Waals surface area contributed by atoms with Gasteiger partial charge in [0.25, 0.3) is 0 Å². The lowest BCUT2D eigenvalue weighted by Gasteiger charge is -2.24. The molecule has 0 aliphatic rings. The number of carbonyl (C=O) groups excluding carboxylic acids is 6. The van der Waals surface area contributed by atoms with Gasteiger partial charge in [-0.2, -0.15) is 12.6 Å². The van der Waals surface area contributed by atoms with Crippen molar-refractivity contribution >= 4 is 88.1 Å². The molecule has 0 saturated heterocycles. The molecule has 0 aliphatic carbocycles. The van der Waals surface area contributed by atoms with Gasteiger partial charge in [0.1, 0.15) is 31.3 Å². The van der Waals surface area contributed by atoms with Crippen molar-refractivity contribution in [2.45, 2.75) is 87.1 Å². The van der Waals surface area contributed by atoms with Crippen molar-refractivity contribution in [2.24, 2.45) is 0 Å². The van der Waals surface area contributed by atoms with Gasteiger partial charge in [0.2, 0.25) is 23.6 Å². The van der Waals surface area contributed by atoms with Gasteiger partial charge in [-0.25, -0.2) is 9.59 Å². The van der Waals surface area contributed by atoms with Crippen LogP contribution in [-0.2, 0) is 75.8 Å². The van der Waals surface area contributed by atoms with E-state index in [4.69, 9.17) is 14.2 Å². The third kappa shape index (κ3) is 20.7. The van der Waals surface area contributed by atoms with Crippen molar-refractivity contribution in [3.8, 4) is 0 Å². The summed E-state index contributed by atoms with van der Waals surface area (Å²) in [5.74, 6) is -2.98. The minimum absolute atomic E-state index is 0.00751. The highest BCUT2D eigenvalue weighted by atomic mass is 32.2. The SMILES string of the molecule is C=C(C=CC(=CC)c1ccccc1)CC(NC(=O)CSc1cccc(CNC(=O)C(NC(=O)CS)C(C)OCc2ccccc2)c1)C(=O)OCc1cccc(SCC(=O)NC(Cc2cccc3ccccc23)C(=O)OCc2ccccc2)c1. The first-order chi connectivity index (χ1) is 40.3. The smallest absolute Gasteiger partial charge is 0.329 e. The van der Waals surface area contributed by atoms with E-state index in [-0.39, 0.29) is 62.4 Å². The molecule has 0 aliphatic heterocycles. The Morgan fingerprint density at radius 3 is 1.76 bits per heavy atom. The number of benzene rings is 7. The molecule has 4 unspecified atom stereocenters. The van der Waals surface area contributed by atoms with Crippen LogP contribution < -0.4 is 21.3 Å². The number of hydrogen-bond acceptors (Lipinski definition) is 12. The summed E-state index contributed by atoms with van der Waals surface area (Å²) in [5.41, 5.74) is 6.60. The Labute approximate surface area is 499 Å². The van der Waals surface area contributed by atoms with Crippen LogP contribution in [0.25, 0.3) is 16.3 Å². The van der Waals surface area contributed by atoms with E-state index in [1.807, 2.05) is 195 Å². The lowest BCUT2D eigenvalue weighted by molar-refractivity contribution is -0.149. The molecule has 0 radical (unpaired) electrons. The molecule has 4 amide bonds. The fraction of sp³-hybridized carbons (Fsp3) is 0.224. The Kier molecular flexibility index (Phi) is 24.9. The summed E-state index contributed by atoms with van der Waals surface area (Å²) in [7, 11) is 0. The van der Waals surface area contributed by atoms with Crippen LogP contribution in [0.1, 0.15) is 53.6 Å². The van der Waals surface area contributed by atoms with Crippen LogP contribution in [0.2, 0.25) is 0 Å². The third-order valence-electron chi connectivity index (χ3n) is 13.1. The Balaban J connectivity index is 0.957. The lowest BCUT2D eigenvalue weighted by atomic mass is 9.98. The van der Waals surface area contributed by atoms with Gasteiger partial charge in [0.15, 0.2) is 0 Å². The van der Waals surface area contributed by atoms with E-state index in [1.165, 1.54) is 23.5 Å². The van der Waals surface area contributed by atoms with E-state index < -0.39 is 53.9 Å². The topological polar surface area (TPSA) is 178 Å². The molecule has 13 nitrogen and oxygen atoms in total. The van der Waals surface area contributed by atoms with E-state index in [2.05, 4.69) is 40.5 Å². The van der Waals surface area contributed by atoms with Crippen LogP contribution >= 0.6 is 36.2 Å². The number of allylic oxidation sites excluding steroid dienone is 4. The summed E-state index contributed by atoms with van der Waals surface area (Å²) in [6.45, 7) is 8.22.